The number of nitrogens with zero attached hydrogens (tertiary/aromatic N) is 4. The third-order valence-electron chi connectivity index (χ3n) is 2.88. The molecule has 0 aromatic carbocycles. The van der Waals surface area contributed by atoms with Crippen molar-refractivity contribution in [3.63, 3.8) is 0 Å². The van der Waals surface area contributed by atoms with Crippen molar-refractivity contribution in [1.82, 2.24) is 30.9 Å². The summed E-state index contributed by atoms with van der Waals surface area (Å²) in [7, 11) is 0. The Morgan fingerprint density at radius 1 is 1.50 bits per heavy atom. The summed E-state index contributed by atoms with van der Waals surface area (Å²) < 4.78 is 5.24. The molecule has 7 nitrogen and oxygen atoms in total. The van der Waals surface area contributed by atoms with Gasteiger partial charge in [0.2, 0.25) is 11.7 Å². The molecule has 2 N–H and O–H groups in total. The predicted octanol–water partition coefficient (Wildman–Crippen LogP) is 0.525. The SMILES string of the molecule is CC1CCNC1c1nc(-c2cn[nH]n2)no1. The molecule has 16 heavy (non-hydrogen) atoms. The second-order valence-electron chi connectivity index (χ2n) is 4.01. The summed E-state index contributed by atoms with van der Waals surface area (Å²) in [5, 5.41) is 17.4. The lowest BCUT2D eigenvalue weighted by atomic mass is 10.0. The molecule has 0 spiro atoms. The minimum Gasteiger partial charge on any atom is -0.337 e. The maximum atomic E-state index is 5.24. The van der Waals surface area contributed by atoms with Gasteiger partial charge in [0.05, 0.1) is 12.2 Å². The molecule has 0 saturated carbocycles. The van der Waals surface area contributed by atoms with Crippen LogP contribution in [0.3, 0.4) is 0 Å². The highest BCUT2D eigenvalue weighted by Crippen LogP contribution is 2.28. The molecule has 1 saturated heterocycles. The zero-order valence-electron chi connectivity index (χ0n) is 8.84. The van der Waals surface area contributed by atoms with E-state index in [0.717, 1.165) is 13.0 Å². The quantitative estimate of drug-likeness (QED) is 0.766. The third kappa shape index (κ3) is 1.49. The zero-order valence-corrected chi connectivity index (χ0v) is 8.84. The molecule has 3 heterocycles. The van der Waals surface area contributed by atoms with E-state index in [1.165, 1.54) is 0 Å². The second-order valence-corrected chi connectivity index (χ2v) is 4.01. The monoisotopic (exact) mass is 220 g/mol. The van der Waals surface area contributed by atoms with Gasteiger partial charge in [0.1, 0.15) is 0 Å². The van der Waals surface area contributed by atoms with Crippen LogP contribution in [0.5, 0.6) is 0 Å². The van der Waals surface area contributed by atoms with Crippen LogP contribution in [0.15, 0.2) is 10.7 Å². The minimum atomic E-state index is 0.160. The highest BCUT2D eigenvalue weighted by atomic mass is 16.5. The van der Waals surface area contributed by atoms with Gasteiger partial charge in [-0.1, -0.05) is 12.1 Å². The van der Waals surface area contributed by atoms with Gasteiger partial charge < -0.3 is 9.84 Å². The first-order valence-corrected chi connectivity index (χ1v) is 5.28. The lowest BCUT2D eigenvalue weighted by Gasteiger charge is -2.08. The van der Waals surface area contributed by atoms with Crippen molar-refractivity contribution in [1.29, 1.82) is 0 Å². The average molecular weight is 220 g/mol. The summed E-state index contributed by atoms with van der Waals surface area (Å²) in [6.07, 6.45) is 2.70. The molecule has 0 amide bonds. The standard InChI is InChI=1S/C9H12N6O/c1-5-2-3-10-7(5)9-12-8(14-16-9)6-4-11-15-13-6/h4-5,7,10H,2-3H2,1H3,(H,11,13,15). The van der Waals surface area contributed by atoms with Crippen molar-refractivity contribution in [3.8, 4) is 11.5 Å². The van der Waals surface area contributed by atoms with E-state index in [1.54, 1.807) is 6.20 Å². The number of nitrogens with one attached hydrogen (secondary N) is 2. The van der Waals surface area contributed by atoms with Gasteiger partial charge in [0.25, 0.3) is 0 Å². The molecule has 3 rings (SSSR count). The van der Waals surface area contributed by atoms with E-state index < -0.39 is 0 Å². The molecule has 0 aliphatic carbocycles. The number of hydrogen-bond donors (Lipinski definition) is 2. The Hall–Kier alpha value is -1.76. The predicted molar refractivity (Wildman–Crippen MR) is 54.2 cm³/mol. The van der Waals surface area contributed by atoms with E-state index in [0.29, 0.717) is 23.3 Å². The summed E-state index contributed by atoms with van der Waals surface area (Å²) in [5.41, 5.74) is 0.598. The van der Waals surface area contributed by atoms with Crippen LogP contribution in [0.1, 0.15) is 25.3 Å². The number of H-pyrrole nitrogens is 1. The normalized spacial score (nSPS) is 25.1. The topological polar surface area (TPSA) is 92.5 Å². The molecule has 1 aliphatic heterocycles. The molecule has 84 valence electrons. The first-order chi connectivity index (χ1) is 7.84. The van der Waals surface area contributed by atoms with E-state index in [4.69, 9.17) is 4.52 Å². The maximum Gasteiger partial charge on any atom is 0.244 e. The molecule has 1 fully saturated rings. The fraction of sp³-hybridized carbons (Fsp3) is 0.556. The van der Waals surface area contributed by atoms with Crippen LogP contribution in [-0.4, -0.2) is 32.1 Å². The Kier molecular flexibility index (Phi) is 2.17. The van der Waals surface area contributed by atoms with Gasteiger partial charge in [-0.25, -0.2) is 0 Å². The molecule has 2 atom stereocenters. The molecular weight excluding hydrogens is 208 g/mol. The Labute approximate surface area is 91.6 Å². The number of hydrogen-bond acceptors (Lipinski definition) is 6. The van der Waals surface area contributed by atoms with Gasteiger partial charge in [-0.2, -0.15) is 20.4 Å². The Morgan fingerprint density at radius 3 is 3.12 bits per heavy atom. The van der Waals surface area contributed by atoms with Crippen molar-refractivity contribution in [2.45, 2.75) is 19.4 Å². The largest absolute Gasteiger partial charge is 0.337 e. The van der Waals surface area contributed by atoms with E-state index in [-0.39, 0.29) is 6.04 Å². The molecule has 0 radical (unpaired) electrons. The lowest BCUT2D eigenvalue weighted by molar-refractivity contribution is 0.319. The van der Waals surface area contributed by atoms with E-state index >= 15 is 0 Å². The fourth-order valence-electron chi connectivity index (χ4n) is 1.94. The van der Waals surface area contributed by atoms with Crippen molar-refractivity contribution in [2.24, 2.45) is 5.92 Å². The first kappa shape index (κ1) is 9.46. The van der Waals surface area contributed by atoms with Crippen LogP contribution < -0.4 is 5.32 Å². The maximum absolute atomic E-state index is 5.24. The summed E-state index contributed by atoms with van der Waals surface area (Å²) >= 11 is 0. The van der Waals surface area contributed by atoms with Gasteiger partial charge in [0.15, 0.2) is 5.69 Å². The van der Waals surface area contributed by atoms with Crippen molar-refractivity contribution in [2.75, 3.05) is 6.54 Å². The number of aromatic amines is 1. The van der Waals surface area contributed by atoms with Gasteiger partial charge in [-0.05, 0) is 18.9 Å². The lowest BCUT2D eigenvalue weighted by Crippen LogP contribution is -2.16. The Morgan fingerprint density at radius 2 is 2.44 bits per heavy atom. The van der Waals surface area contributed by atoms with Crippen LogP contribution in [0.25, 0.3) is 11.5 Å². The second kappa shape index (κ2) is 3.67. The van der Waals surface area contributed by atoms with E-state index in [2.05, 4.69) is 37.8 Å². The molecule has 2 aromatic rings. The van der Waals surface area contributed by atoms with Crippen molar-refractivity contribution in [3.05, 3.63) is 12.1 Å². The highest BCUT2D eigenvalue weighted by molar-refractivity contribution is 5.44. The first-order valence-electron chi connectivity index (χ1n) is 5.28. The van der Waals surface area contributed by atoms with E-state index in [9.17, 15) is 0 Å². The summed E-state index contributed by atoms with van der Waals surface area (Å²) in [6.45, 7) is 3.16. The van der Waals surface area contributed by atoms with Crippen LogP contribution >= 0.6 is 0 Å². The van der Waals surface area contributed by atoms with Gasteiger partial charge in [-0.3, -0.25) is 0 Å². The number of rotatable bonds is 2. The molecule has 0 bridgehead atoms. The molecule has 2 aromatic heterocycles. The Bertz CT molecular complexity index is 464. The van der Waals surface area contributed by atoms with Gasteiger partial charge in [-0.15, -0.1) is 0 Å². The van der Waals surface area contributed by atoms with Crippen LogP contribution in [0, 0.1) is 5.92 Å². The highest BCUT2D eigenvalue weighted by Gasteiger charge is 2.29. The van der Waals surface area contributed by atoms with Crippen LogP contribution in [0.2, 0.25) is 0 Å². The fourth-order valence-corrected chi connectivity index (χ4v) is 1.94. The minimum absolute atomic E-state index is 0.160. The molecule has 7 heteroatoms. The summed E-state index contributed by atoms with van der Waals surface area (Å²) in [5.74, 6) is 1.62. The number of aromatic nitrogens is 5. The molecule has 1 aliphatic rings. The average Bonchev–Trinajstić information content (AvgIpc) is 2.96. The smallest absolute Gasteiger partial charge is 0.244 e. The third-order valence-corrected chi connectivity index (χ3v) is 2.88. The van der Waals surface area contributed by atoms with Crippen LogP contribution in [-0.2, 0) is 0 Å². The Balaban J connectivity index is 1.88. The summed E-state index contributed by atoms with van der Waals surface area (Å²) in [4.78, 5) is 4.32. The van der Waals surface area contributed by atoms with Crippen molar-refractivity contribution >= 4 is 0 Å². The van der Waals surface area contributed by atoms with Gasteiger partial charge in [0, 0.05) is 0 Å². The zero-order chi connectivity index (χ0) is 11.0. The van der Waals surface area contributed by atoms with Crippen LogP contribution in [0.4, 0.5) is 0 Å². The molecular formula is C9H12N6O. The molecule has 2 unspecified atom stereocenters. The summed E-state index contributed by atoms with van der Waals surface area (Å²) in [6, 6.07) is 0.160. The van der Waals surface area contributed by atoms with Crippen molar-refractivity contribution < 1.29 is 4.52 Å². The van der Waals surface area contributed by atoms with Gasteiger partial charge >= 0.3 is 0 Å². The van der Waals surface area contributed by atoms with E-state index in [1.807, 2.05) is 0 Å².